The smallest absolute Gasteiger partial charge is 0.243 e. The number of unbranched alkanes of at least 4 members (excludes halogenated alkanes) is 1. The fraction of sp³-hybridized carbons (Fsp3) is 0.733. The Hall–Kier alpha value is -1.77. The Morgan fingerprint density at radius 2 is 1.62 bits per heavy atom. The van der Waals surface area contributed by atoms with Gasteiger partial charge in [-0.3, -0.25) is 19.2 Å². The maximum absolute atomic E-state index is 12.2. The summed E-state index contributed by atoms with van der Waals surface area (Å²) in [5.74, 6) is -1.52. The summed E-state index contributed by atoms with van der Waals surface area (Å²) in [6.45, 7) is 5.44. The molecule has 0 aromatic heterocycles. The van der Waals surface area contributed by atoms with Crippen LogP contribution >= 0.6 is 12.6 Å². The second-order valence-corrected chi connectivity index (χ2v) is 6.21. The minimum atomic E-state index is -0.887. The molecule has 0 aromatic carbocycles. The number of thiol groups is 1. The topological polar surface area (TPSA) is 130 Å². The fourth-order valence-electron chi connectivity index (χ4n) is 1.88. The van der Waals surface area contributed by atoms with Crippen LogP contribution in [0.5, 0.6) is 0 Å². The van der Waals surface area contributed by atoms with Crippen LogP contribution in [0.3, 0.4) is 0 Å². The van der Waals surface area contributed by atoms with E-state index in [9.17, 15) is 19.2 Å². The lowest BCUT2D eigenvalue weighted by Crippen LogP contribution is -2.53. The van der Waals surface area contributed by atoms with Gasteiger partial charge < -0.3 is 21.7 Å². The summed E-state index contributed by atoms with van der Waals surface area (Å²) >= 11 is 3.96. The first-order valence-electron chi connectivity index (χ1n) is 7.94. The van der Waals surface area contributed by atoms with Crippen molar-refractivity contribution in [3.63, 3.8) is 0 Å². The minimum absolute atomic E-state index is 0.0239. The first-order chi connectivity index (χ1) is 11.2. The van der Waals surface area contributed by atoms with E-state index in [4.69, 9.17) is 5.73 Å². The summed E-state index contributed by atoms with van der Waals surface area (Å²) in [7, 11) is 0. The van der Waals surface area contributed by atoms with Gasteiger partial charge in [-0.25, -0.2) is 0 Å². The number of nitrogens with two attached hydrogens (primary N) is 1. The molecule has 0 heterocycles. The second kappa shape index (κ2) is 11.7. The van der Waals surface area contributed by atoms with E-state index >= 15 is 0 Å². The molecule has 9 heteroatoms. The molecule has 0 fully saturated rings. The lowest BCUT2D eigenvalue weighted by atomic mass is 10.1. The van der Waals surface area contributed by atoms with E-state index in [1.807, 2.05) is 13.8 Å². The summed E-state index contributed by atoms with van der Waals surface area (Å²) in [5.41, 5.74) is 5.16. The average molecular weight is 360 g/mol. The van der Waals surface area contributed by atoms with Crippen LogP contribution in [-0.2, 0) is 19.2 Å². The van der Waals surface area contributed by atoms with Crippen molar-refractivity contribution in [2.24, 2.45) is 11.7 Å². The molecule has 0 aliphatic rings. The van der Waals surface area contributed by atoms with E-state index < -0.39 is 23.9 Å². The van der Waals surface area contributed by atoms with E-state index in [0.717, 1.165) is 0 Å². The maximum atomic E-state index is 12.2. The van der Waals surface area contributed by atoms with Gasteiger partial charge in [-0.2, -0.15) is 12.6 Å². The third-order valence-corrected chi connectivity index (χ3v) is 3.64. The van der Waals surface area contributed by atoms with Gasteiger partial charge in [-0.05, 0) is 19.3 Å². The molecule has 4 amide bonds. The molecule has 8 nitrogen and oxygen atoms in total. The molecule has 0 aliphatic heterocycles. The van der Waals surface area contributed by atoms with Crippen molar-refractivity contribution >= 4 is 36.3 Å². The number of primary amides is 1. The molecular formula is C15H28N4O4S. The highest BCUT2D eigenvalue weighted by Gasteiger charge is 2.23. The third-order valence-electron chi connectivity index (χ3n) is 3.28. The zero-order chi connectivity index (χ0) is 18.7. The predicted molar refractivity (Wildman–Crippen MR) is 94.3 cm³/mol. The van der Waals surface area contributed by atoms with Crippen molar-refractivity contribution in [1.82, 2.24) is 16.0 Å². The van der Waals surface area contributed by atoms with Gasteiger partial charge in [-0.1, -0.05) is 13.8 Å². The molecule has 0 aliphatic carbocycles. The van der Waals surface area contributed by atoms with Gasteiger partial charge in [0.2, 0.25) is 23.6 Å². The monoisotopic (exact) mass is 360 g/mol. The van der Waals surface area contributed by atoms with E-state index in [1.165, 1.54) is 6.92 Å². The number of hydrogen-bond acceptors (Lipinski definition) is 5. The highest BCUT2D eigenvalue weighted by Crippen LogP contribution is 2.03. The summed E-state index contributed by atoms with van der Waals surface area (Å²) in [4.78, 5) is 46.0. The van der Waals surface area contributed by atoms with Gasteiger partial charge >= 0.3 is 0 Å². The molecule has 0 saturated heterocycles. The van der Waals surface area contributed by atoms with Crippen LogP contribution < -0.4 is 21.7 Å². The van der Waals surface area contributed by atoms with Crippen molar-refractivity contribution < 1.29 is 19.2 Å². The van der Waals surface area contributed by atoms with Crippen molar-refractivity contribution in [3.8, 4) is 0 Å². The molecule has 2 unspecified atom stereocenters. The molecular weight excluding hydrogens is 332 g/mol. The van der Waals surface area contributed by atoms with Crippen LogP contribution in [0.25, 0.3) is 0 Å². The lowest BCUT2D eigenvalue weighted by molar-refractivity contribution is -0.130. The van der Waals surface area contributed by atoms with Crippen molar-refractivity contribution in [3.05, 3.63) is 0 Å². The Morgan fingerprint density at radius 3 is 2.08 bits per heavy atom. The molecule has 2 atom stereocenters. The van der Waals surface area contributed by atoms with Crippen molar-refractivity contribution in [2.45, 2.75) is 52.1 Å². The van der Waals surface area contributed by atoms with Gasteiger partial charge in [0, 0.05) is 25.1 Å². The van der Waals surface area contributed by atoms with Crippen LogP contribution in [0.15, 0.2) is 0 Å². The summed E-state index contributed by atoms with van der Waals surface area (Å²) in [5, 5.41) is 7.81. The molecule has 138 valence electrons. The van der Waals surface area contributed by atoms with E-state index in [0.29, 0.717) is 25.8 Å². The Kier molecular flexibility index (Phi) is 10.9. The number of amides is 4. The lowest BCUT2D eigenvalue weighted by Gasteiger charge is -2.20. The summed E-state index contributed by atoms with van der Waals surface area (Å²) < 4.78 is 0. The largest absolute Gasteiger partial charge is 0.368 e. The van der Waals surface area contributed by atoms with Crippen LogP contribution in [0, 0.1) is 5.92 Å². The molecule has 0 saturated carbocycles. The fourth-order valence-corrected chi connectivity index (χ4v) is 2.15. The highest BCUT2D eigenvalue weighted by atomic mass is 32.1. The SMILES string of the molecule is CC(=O)NC(CCCCNC(=O)C(C)C)C(=O)NC(CS)C(N)=O. The first-order valence-corrected chi connectivity index (χ1v) is 8.57. The van der Waals surface area contributed by atoms with Crippen LogP contribution in [0.2, 0.25) is 0 Å². The number of rotatable bonds is 11. The second-order valence-electron chi connectivity index (χ2n) is 5.84. The number of hydrogen-bond donors (Lipinski definition) is 5. The minimum Gasteiger partial charge on any atom is -0.368 e. The molecule has 0 aromatic rings. The van der Waals surface area contributed by atoms with Crippen molar-refractivity contribution in [2.75, 3.05) is 12.3 Å². The summed E-state index contributed by atoms with van der Waals surface area (Å²) in [6.07, 6.45) is 1.69. The Morgan fingerprint density at radius 1 is 1.00 bits per heavy atom. The quantitative estimate of drug-likeness (QED) is 0.247. The Bertz CT molecular complexity index is 457. The zero-order valence-electron chi connectivity index (χ0n) is 14.4. The van der Waals surface area contributed by atoms with Gasteiger partial charge in [0.15, 0.2) is 0 Å². The number of nitrogens with one attached hydrogen (secondary N) is 3. The molecule has 0 bridgehead atoms. The Labute approximate surface area is 148 Å². The van der Waals surface area contributed by atoms with Gasteiger partial charge in [0.25, 0.3) is 0 Å². The van der Waals surface area contributed by atoms with Crippen LogP contribution in [0.4, 0.5) is 0 Å². The number of carbonyl (C=O) groups is 4. The average Bonchev–Trinajstić information content (AvgIpc) is 2.49. The van der Waals surface area contributed by atoms with Crippen LogP contribution in [0.1, 0.15) is 40.0 Å². The normalized spacial score (nSPS) is 13.0. The van der Waals surface area contributed by atoms with E-state index in [-0.39, 0.29) is 23.5 Å². The standard InChI is InChI=1S/C15H28N4O4S/c1-9(2)14(22)17-7-5-4-6-11(18-10(3)20)15(23)19-12(8-24)13(16)21/h9,11-12,24H,4-8H2,1-3H3,(H2,16,21)(H,17,22)(H,18,20)(H,19,23). The maximum Gasteiger partial charge on any atom is 0.243 e. The molecule has 24 heavy (non-hydrogen) atoms. The Balaban J connectivity index is 4.40. The number of carbonyl (C=O) groups excluding carboxylic acids is 4. The molecule has 0 radical (unpaired) electrons. The molecule has 0 rings (SSSR count). The molecule has 5 N–H and O–H groups in total. The first kappa shape index (κ1) is 22.2. The van der Waals surface area contributed by atoms with Gasteiger partial charge in [-0.15, -0.1) is 0 Å². The van der Waals surface area contributed by atoms with E-state index in [1.54, 1.807) is 0 Å². The van der Waals surface area contributed by atoms with Crippen molar-refractivity contribution in [1.29, 1.82) is 0 Å². The third kappa shape index (κ3) is 9.39. The summed E-state index contributed by atoms with van der Waals surface area (Å²) in [6, 6.07) is -1.65. The molecule has 0 spiro atoms. The highest BCUT2D eigenvalue weighted by molar-refractivity contribution is 7.80. The van der Waals surface area contributed by atoms with Crippen LogP contribution in [-0.4, -0.2) is 48.0 Å². The van der Waals surface area contributed by atoms with Gasteiger partial charge in [0.1, 0.15) is 12.1 Å². The zero-order valence-corrected chi connectivity index (χ0v) is 15.3. The van der Waals surface area contributed by atoms with Gasteiger partial charge in [0.05, 0.1) is 0 Å². The predicted octanol–water partition coefficient (Wildman–Crippen LogP) is -0.666. The van der Waals surface area contributed by atoms with E-state index in [2.05, 4.69) is 28.6 Å².